The lowest BCUT2D eigenvalue weighted by Crippen LogP contribution is -2.26. The fraction of sp³-hybridized carbons (Fsp3) is 0.250. The molecule has 0 unspecified atom stereocenters. The standard InChI is InChI=1S/C16H16N2OS2/c19-15(11-12-5-4-10-20-12)17-9-3-8-16-18-13-6-1-2-7-14(13)21-16/h1-2,4-7,10H,3,8-9,11H2,(H,17,19). The zero-order valence-corrected chi connectivity index (χ0v) is 13.2. The van der Waals surface area contributed by atoms with Crippen LogP contribution in [0, 0.1) is 0 Å². The van der Waals surface area contributed by atoms with Crippen molar-refractivity contribution in [3.63, 3.8) is 0 Å². The Morgan fingerprint density at radius 3 is 2.90 bits per heavy atom. The largest absolute Gasteiger partial charge is 0.356 e. The zero-order chi connectivity index (χ0) is 14.5. The second-order valence-corrected chi connectivity index (χ2v) is 6.93. The van der Waals surface area contributed by atoms with Crippen LogP contribution in [0.3, 0.4) is 0 Å². The summed E-state index contributed by atoms with van der Waals surface area (Å²) in [5.41, 5.74) is 1.07. The molecule has 0 radical (unpaired) electrons. The van der Waals surface area contributed by atoms with Crippen molar-refractivity contribution in [1.82, 2.24) is 10.3 Å². The molecule has 0 fully saturated rings. The number of fused-ring (bicyclic) bond motifs is 1. The molecule has 3 nitrogen and oxygen atoms in total. The number of para-hydroxylation sites is 1. The van der Waals surface area contributed by atoms with E-state index < -0.39 is 0 Å². The molecule has 1 N–H and O–H groups in total. The summed E-state index contributed by atoms with van der Waals surface area (Å²) in [6.07, 6.45) is 2.33. The Labute approximate surface area is 131 Å². The number of hydrogen-bond acceptors (Lipinski definition) is 4. The van der Waals surface area contributed by atoms with Crippen LogP contribution in [0.5, 0.6) is 0 Å². The van der Waals surface area contributed by atoms with Crippen LogP contribution in [0.4, 0.5) is 0 Å². The molecule has 0 aliphatic rings. The maximum atomic E-state index is 11.7. The topological polar surface area (TPSA) is 42.0 Å². The summed E-state index contributed by atoms with van der Waals surface area (Å²) < 4.78 is 1.23. The van der Waals surface area contributed by atoms with E-state index in [2.05, 4.69) is 16.4 Å². The highest BCUT2D eigenvalue weighted by Crippen LogP contribution is 2.22. The van der Waals surface area contributed by atoms with Crippen molar-refractivity contribution in [1.29, 1.82) is 0 Å². The summed E-state index contributed by atoms with van der Waals surface area (Å²) in [4.78, 5) is 17.5. The molecule has 2 aromatic heterocycles. The van der Waals surface area contributed by atoms with Crippen molar-refractivity contribution < 1.29 is 4.79 Å². The van der Waals surface area contributed by atoms with Crippen LogP contribution in [0.15, 0.2) is 41.8 Å². The first-order valence-corrected chi connectivity index (χ1v) is 8.64. The number of carbonyl (C=O) groups is 1. The zero-order valence-electron chi connectivity index (χ0n) is 11.5. The van der Waals surface area contributed by atoms with Crippen LogP contribution in [-0.2, 0) is 17.6 Å². The summed E-state index contributed by atoms with van der Waals surface area (Å²) >= 11 is 3.36. The summed E-state index contributed by atoms with van der Waals surface area (Å²) in [5, 5.41) is 6.11. The van der Waals surface area contributed by atoms with Crippen molar-refractivity contribution in [2.75, 3.05) is 6.54 Å². The van der Waals surface area contributed by atoms with Crippen LogP contribution < -0.4 is 5.32 Å². The highest BCUT2D eigenvalue weighted by atomic mass is 32.1. The molecule has 21 heavy (non-hydrogen) atoms. The van der Waals surface area contributed by atoms with Gasteiger partial charge in [-0.15, -0.1) is 22.7 Å². The number of aromatic nitrogens is 1. The highest BCUT2D eigenvalue weighted by molar-refractivity contribution is 7.18. The van der Waals surface area contributed by atoms with Crippen molar-refractivity contribution in [3.8, 4) is 0 Å². The van der Waals surface area contributed by atoms with Gasteiger partial charge in [-0.1, -0.05) is 18.2 Å². The van der Waals surface area contributed by atoms with Crippen LogP contribution >= 0.6 is 22.7 Å². The number of benzene rings is 1. The number of aryl methyl sites for hydroxylation is 1. The van der Waals surface area contributed by atoms with Crippen molar-refractivity contribution in [2.45, 2.75) is 19.3 Å². The van der Waals surface area contributed by atoms with E-state index in [1.54, 1.807) is 22.7 Å². The predicted molar refractivity (Wildman–Crippen MR) is 89.0 cm³/mol. The number of thiazole rings is 1. The quantitative estimate of drug-likeness (QED) is 0.705. The fourth-order valence-electron chi connectivity index (χ4n) is 2.13. The van der Waals surface area contributed by atoms with Crippen molar-refractivity contribution in [3.05, 3.63) is 51.7 Å². The maximum absolute atomic E-state index is 11.7. The normalized spacial score (nSPS) is 10.9. The molecule has 0 atom stereocenters. The van der Waals surface area contributed by atoms with E-state index in [9.17, 15) is 4.79 Å². The SMILES string of the molecule is O=C(Cc1cccs1)NCCCc1nc2ccccc2s1. The van der Waals surface area contributed by atoms with Gasteiger partial charge in [-0.2, -0.15) is 0 Å². The van der Waals surface area contributed by atoms with E-state index >= 15 is 0 Å². The van der Waals surface area contributed by atoms with Gasteiger partial charge >= 0.3 is 0 Å². The van der Waals surface area contributed by atoms with Gasteiger partial charge in [0.2, 0.25) is 5.91 Å². The van der Waals surface area contributed by atoms with E-state index in [4.69, 9.17) is 0 Å². The monoisotopic (exact) mass is 316 g/mol. The summed E-state index contributed by atoms with van der Waals surface area (Å²) in [5.74, 6) is 0.0988. The Balaban J connectivity index is 1.42. The molecule has 5 heteroatoms. The molecule has 0 aliphatic heterocycles. The van der Waals surface area contributed by atoms with Crippen molar-refractivity contribution in [2.24, 2.45) is 0 Å². The van der Waals surface area contributed by atoms with Gasteiger partial charge in [0.05, 0.1) is 21.6 Å². The number of thiophene rings is 1. The highest BCUT2D eigenvalue weighted by Gasteiger charge is 2.05. The lowest BCUT2D eigenvalue weighted by atomic mass is 10.3. The summed E-state index contributed by atoms with van der Waals surface area (Å²) in [7, 11) is 0. The molecule has 0 saturated carbocycles. The van der Waals surface area contributed by atoms with Gasteiger partial charge in [0.15, 0.2) is 0 Å². The summed E-state index contributed by atoms with van der Waals surface area (Å²) in [6, 6.07) is 12.1. The van der Waals surface area contributed by atoms with Crippen LogP contribution in [0.2, 0.25) is 0 Å². The van der Waals surface area contributed by atoms with Crippen LogP contribution in [0.1, 0.15) is 16.3 Å². The molecule has 0 saturated heterocycles. The number of carbonyl (C=O) groups excluding carboxylic acids is 1. The van der Waals surface area contributed by atoms with E-state index in [1.165, 1.54) is 4.70 Å². The number of hydrogen-bond donors (Lipinski definition) is 1. The predicted octanol–water partition coefficient (Wildman–Crippen LogP) is 3.65. The molecule has 0 bridgehead atoms. The molecule has 108 valence electrons. The Bertz CT molecular complexity index is 686. The smallest absolute Gasteiger partial charge is 0.225 e. The molecular formula is C16H16N2OS2. The fourth-order valence-corrected chi connectivity index (χ4v) is 3.84. The average Bonchev–Trinajstić information content (AvgIpc) is 3.12. The Morgan fingerprint density at radius 2 is 2.10 bits per heavy atom. The first-order valence-electron chi connectivity index (χ1n) is 6.95. The lowest BCUT2D eigenvalue weighted by Gasteiger charge is -2.03. The second kappa shape index (κ2) is 6.83. The number of nitrogens with zero attached hydrogens (tertiary/aromatic N) is 1. The van der Waals surface area contributed by atoms with E-state index in [0.717, 1.165) is 28.2 Å². The van der Waals surface area contributed by atoms with Crippen LogP contribution in [0.25, 0.3) is 10.2 Å². The van der Waals surface area contributed by atoms with Gasteiger partial charge in [-0.3, -0.25) is 4.79 Å². The molecule has 1 amide bonds. The van der Waals surface area contributed by atoms with Gasteiger partial charge in [-0.25, -0.2) is 4.98 Å². The number of amides is 1. The second-order valence-electron chi connectivity index (χ2n) is 4.78. The van der Waals surface area contributed by atoms with Crippen molar-refractivity contribution >= 4 is 38.8 Å². The van der Waals surface area contributed by atoms with Gasteiger partial charge < -0.3 is 5.32 Å². The third kappa shape index (κ3) is 3.89. The average molecular weight is 316 g/mol. The Hall–Kier alpha value is -1.72. The number of nitrogens with one attached hydrogen (secondary N) is 1. The van der Waals surface area contributed by atoms with E-state index in [0.29, 0.717) is 13.0 Å². The van der Waals surface area contributed by atoms with Gasteiger partial charge in [-0.05, 0) is 30.0 Å². The lowest BCUT2D eigenvalue weighted by molar-refractivity contribution is -0.120. The third-order valence-corrected chi connectivity index (χ3v) is 5.12. The molecule has 0 spiro atoms. The maximum Gasteiger partial charge on any atom is 0.225 e. The minimum atomic E-state index is 0.0988. The van der Waals surface area contributed by atoms with E-state index in [1.807, 2.05) is 35.7 Å². The molecule has 1 aromatic carbocycles. The molecule has 3 aromatic rings. The van der Waals surface area contributed by atoms with Gasteiger partial charge in [0.25, 0.3) is 0 Å². The first-order chi connectivity index (χ1) is 10.3. The molecule has 2 heterocycles. The minimum absolute atomic E-state index is 0.0988. The minimum Gasteiger partial charge on any atom is -0.356 e. The van der Waals surface area contributed by atoms with Crippen LogP contribution in [-0.4, -0.2) is 17.4 Å². The molecule has 0 aliphatic carbocycles. The molecule has 3 rings (SSSR count). The number of rotatable bonds is 6. The van der Waals surface area contributed by atoms with Gasteiger partial charge in [0, 0.05) is 17.8 Å². The molecular weight excluding hydrogens is 300 g/mol. The first kappa shape index (κ1) is 14.2. The third-order valence-electron chi connectivity index (χ3n) is 3.14. The summed E-state index contributed by atoms with van der Waals surface area (Å²) in [6.45, 7) is 0.708. The van der Waals surface area contributed by atoms with E-state index in [-0.39, 0.29) is 5.91 Å². The van der Waals surface area contributed by atoms with Gasteiger partial charge in [0.1, 0.15) is 0 Å². The Morgan fingerprint density at radius 1 is 1.19 bits per heavy atom. The Kier molecular flexibility index (Phi) is 4.62.